The van der Waals surface area contributed by atoms with Crippen LogP contribution in [-0.4, -0.2) is 24.8 Å². The highest BCUT2D eigenvalue weighted by Gasteiger charge is 2.21. The summed E-state index contributed by atoms with van der Waals surface area (Å²) in [6.07, 6.45) is 2.10. The Labute approximate surface area is 132 Å². The number of carbonyl (C=O) groups excluding carboxylic acids is 1. The van der Waals surface area contributed by atoms with Crippen LogP contribution in [0, 0.1) is 3.57 Å². The van der Waals surface area contributed by atoms with Crippen molar-refractivity contribution in [2.75, 3.05) is 14.2 Å². The van der Waals surface area contributed by atoms with Gasteiger partial charge in [0.25, 0.3) is 0 Å². The molecule has 0 radical (unpaired) electrons. The normalized spacial score (nSPS) is 10.8. The van der Waals surface area contributed by atoms with E-state index in [0.717, 1.165) is 39.6 Å². The van der Waals surface area contributed by atoms with E-state index in [1.807, 2.05) is 22.8 Å². The predicted molar refractivity (Wildman–Crippen MR) is 87.5 cm³/mol. The van der Waals surface area contributed by atoms with Gasteiger partial charge in [0.05, 0.1) is 23.3 Å². The van der Waals surface area contributed by atoms with Crippen molar-refractivity contribution in [2.45, 2.75) is 26.3 Å². The minimum atomic E-state index is -0.291. The number of hydrogen-bond donors (Lipinski definition) is 0. The van der Waals surface area contributed by atoms with Gasteiger partial charge in [-0.15, -0.1) is 0 Å². The zero-order valence-corrected chi connectivity index (χ0v) is 14.1. The molecule has 0 spiro atoms. The van der Waals surface area contributed by atoms with Crippen LogP contribution in [0.25, 0.3) is 10.9 Å². The van der Waals surface area contributed by atoms with Gasteiger partial charge in [-0.05, 0) is 47.2 Å². The van der Waals surface area contributed by atoms with E-state index >= 15 is 0 Å². The third-order valence-electron chi connectivity index (χ3n) is 3.32. The van der Waals surface area contributed by atoms with Crippen molar-refractivity contribution < 1.29 is 14.3 Å². The maximum atomic E-state index is 12.1. The van der Waals surface area contributed by atoms with Gasteiger partial charge >= 0.3 is 5.97 Å². The van der Waals surface area contributed by atoms with Crippen molar-refractivity contribution in [2.24, 2.45) is 0 Å². The van der Waals surface area contributed by atoms with Crippen molar-refractivity contribution >= 4 is 39.5 Å². The van der Waals surface area contributed by atoms with E-state index in [0.29, 0.717) is 5.69 Å². The number of carbonyl (C=O) groups is 1. The molecule has 0 N–H and O–H groups in total. The fourth-order valence-electron chi connectivity index (χ4n) is 2.26. The number of ether oxygens (including phenoxy) is 2. The van der Waals surface area contributed by atoms with Gasteiger partial charge < -0.3 is 14.0 Å². The Kier molecular flexibility index (Phi) is 4.91. The van der Waals surface area contributed by atoms with Crippen LogP contribution >= 0.6 is 22.6 Å². The summed E-state index contributed by atoms with van der Waals surface area (Å²) in [6, 6.07) is 5.88. The molecule has 2 aromatic rings. The van der Waals surface area contributed by atoms with Crippen LogP contribution in [-0.2, 0) is 11.3 Å². The summed E-state index contributed by atoms with van der Waals surface area (Å²) in [5, 5.41) is 1.03. The fourth-order valence-corrected chi connectivity index (χ4v) is 3.21. The summed E-state index contributed by atoms with van der Waals surface area (Å²) in [5.74, 6) is 0.500. The Balaban J connectivity index is 2.67. The summed E-state index contributed by atoms with van der Waals surface area (Å²) >= 11 is 2.21. The smallest absolute Gasteiger partial charge is 0.355 e. The molecule has 0 saturated carbocycles. The topological polar surface area (TPSA) is 40.5 Å². The first-order valence-electron chi connectivity index (χ1n) is 6.58. The Morgan fingerprint density at radius 3 is 2.70 bits per heavy atom. The highest BCUT2D eigenvalue weighted by atomic mass is 127. The molecular weight excluding hydrogens is 369 g/mol. The number of esters is 1. The van der Waals surface area contributed by atoms with Crippen molar-refractivity contribution in [3.63, 3.8) is 0 Å². The molecule has 2 rings (SSSR count). The standard InChI is InChI=1S/C15H18INO3/c1-4-5-8-17-12-7-6-10(19-2)9-11(12)13(16)14(17)15(18)20-3/h6-7,9H,4-5,8H2,1-3H3. The van der Waals surface area contributed by atoms with Crippen molar-refractivity contribution in [3.8, 4) is 5.75 Å². The van der Waals surface area contributed by atoms with Crippen LogP contribution in [0.3, 0.4) is 0 Å². The number of nitrogens with zero attached hydrogens (tertiary/aromatic N) is 1. The van der Waals surface area contributed by atoms with E-state index < -0.39 is 0 Å². The summed E-state index contributed by atoms with van der Waals surface area (Å²) < 4.78 is 13.2. The first-order chi connectivity index (χ1) is 9.63. The van der Waals surface area contributed by atoms with E-state index in [1.165, 1.54) is 7.11 Å². The molecule has 4 nitrogen and oxygen atoms in total. The predicted octanol–water partition coefficient (Wildman–Crippen LogP) is 3.84. The Morgan fingerprint density at radius 2 is 2.10 bits per heavy atom. The third kappa shape index (κ3) is 2.63. The van der Waals surface area contributed by atoms with E-state index in [4.69, 9.17) is 9.47 Å². The number of aryl methyl sites for hydroxylation is 1. The molecule has 1 heterocycles. The van der Waals surface area contributed by atoms with Crippen molar-refractivity contribution in [3.05, 3.63) is 27.5 Å². The molecule has 0 unspecified atom stereocenters. The lowest BCUT2D eigenvalue weighted by molar-refractivity contribution is 0.0587. The quantitative estimate of drug-likeness (QED) is 0.578. The number of hydrogen-bond acceptors (Lipinski definition) is 3. The van der Waals surface area contributed by atoms with Gasteiger partial charge in [-0.2, -0.15) is 0 Å². The first kappa shape index (κ1) is 15.2. The number of halogens is 1. The van der Waals surface area contributed by atoms with Crippen molar-refractivity contribution in [1.82, 2.24) is 4.57 Å². The van der Waals surface area contributed by atoms with Crippen LogP contribution in [0.4, 0.5) is 0 Å². The maximum absolute atomic E-state index is 12.1. The number of aromatic nitrogens is 1. The van der Waals surface area contributed by atoms with Gasteiger partial charge in [0.1, 0.15) is 11.4 Å². The summed E-state index contributed by atoms with van der Waals surface area (Å²) in [4.78, 5) is 12.1. The second kappa shape index (κ2) is 6.47. The molecule has 1 aromatic carbocycles. The third-order valence-corrected chi connectivity index (χ3v) is 4.41. The number of methoxy groups -OCH3 is 2. The summed E-state index contributed by atoms with van der Waals surface area (Å²) in [7, 11) is 3.06. The van der Waals surface area contributed by atoms with E-state index in [1.54, 1.807) is 7.11 Å². The molecule has 1 aromatic heterocycles. The lowest BCUT2D eigenvalue weighted by Crippen LogP contribution is -2.12. The van der Waals surface area contributed by atoms with Gasteiger partial charge in [0.2, 0.25) is 0 Å². The number of fused-ring (bicyclic) bond motifs is 1. The summed E-state index contributed by atoms with van der Waals surface area (Å²) in [6.45, 7) is 2.95. The summed E-state index contributed by atoms with van der Waals surface area (Å²) in [5.41, 5.74) is 1.67. The lowest BCUT2D eigenvalue weighted by Gasteiger charge is -2.09. The zero-order valence-electron chi connectivity index (χ0n) is 11.9. The minimum Gasteiger partial charge on any atom is -0.497 e. The monoisotopic (exact) mass is 387 g/mol. The van der Waals surface area contributed by atoms with Gasteiger partial charge in [0, 0.05) is 11.9 Å². The molecule has 5 heteroatoms. The van der Waals surface area contributed by atoms with Crippen LogP contribution in [0.1, 0.15) is 30.3 Å². The van der Waals surface area contributed by atoms with Crippen LogP contribution in [0.15, 0.2) is 18.2 Å². The number of rotatable bonds is 5. The molecule has 0 bridgehead atoms. The van der Waals surface area contributed by atoms with Crippen LogP contribution < -0.4 is 4.74 Å². The largest absolute Gasteiger partial charge is 0.497 e. The average Bonchev–Trinajstić information content (AvgIpc) is 2.76. The van der Waals surface area contributed by atoms with E-state index in [-0.39, 0.29) is 5.97 Å². The van der Waals surface area contributed by atoms with Gasteiger partial charge in [-0.1, -0.05) is 13.3 Å². The molecule has 0 atom stereocenters. The van der Waals surface area contributed by atoms with Crippen LogP contribution in [0.5, 0.6) is 5.75 Å². The maximum Gasteiger partial charge on any atom is 0.355 e. The molecule has 0 aliphatic heterocycles. The van der Waals surface area contributed by atoms with Crippen LogP contribution in [0.2, 0.25) is 0 Å². The second-order valence-corrected chi connectivity index (χ2v) is 5.62. The van der Waals surface area contributed by atoms with Crippen molar-refractivity contribution in [1.29, 1.82) is 0 Å². The van der Waals surface area contributed by atoms with Gasteiger partial charge in [-0.3, -0.25) is 0 Å². The average molecular weight is 387 g/mol. The molecule has 0 aliphatic rings. The molecule has 0 aliphatic carbocycles. The highest BCUT2D eigenvalue weighted by molar-refractivity contribution is 14.1. The fraction of sp³-hybridized carbons (Fsp3) is 0.400. The highest BCUT2D eigenvalue weighted by Crippen LogP contribution is 2.31. The SMILES string of the molecule is CCCCn1c(C(=O)OC)c(I)c2cc(OC)ccc21. The Hall–Kier alpha value is -1.24. The molecule has 0 saturated heterocycles. The van der Waals surface area contributed by atoms with Gasteiger partial charge in [-0.25, -0.2) is 4.79 Å². The minimum absolute atomic E-state index is 0.291. The Morgan fingerprint density at radius 1 is 1.35 bits per heavy atom. The number of benzene rings is 1. The number of unbranched alkanes of at least 4 members (excludes halogenated alkanes) is 1. The molecule has 0 amide bonds. The molecule has 20 heavy (non-hydrogen) atoms. The van der Waals surface area contributed by atoms with E-state index in [9.17, 15) is 4.79 Å². The Bertz CT molecular complexity index is 634. The molecule has 108 valence electrons. The van der Waals surface area contributed by atoms with E-state index in [2.05, 4.69) is 29.5 Å². The molecular formula is C15H18INO3. The molecule has 0 fully saturated rings. The lowest BCUT2D eigenvalue weighted by atomic mass is 10.2. The first-order valence-corrected chi connectivity index (χ1v) is 7.66. The van der Waals surface area contributed by atoms with Gasteiger partial charge in [0.15, 0.2) is 0 Å². The second-order valence-electron chi connectivity index (χ2n) is 4.54. The zero-order chi connectivity index (χ0) is 14.7.